The van der Waals surface area contributed by atoms with Crippen LogP contribution in [0.5, 0.6) is 0 Å². The number of anilines is 1. The largest absolute Gasteiger partial charge is 0.348 e. The highest BCUT2D eigenvalue weighted by molar-refractivity contribution is 6.35. The second kappa shape index (κ2) is 9.29. The molecule has 0 saturated heterocycles. The summed E-state index contributed by atoms with van der Waals surface area (Å²) in [4.78, 5) is 38.7. The Kier molecular flexibility index (Phi) is 7.38. The molecule has 0 spiro atoms. The van der Waals surface area contributed by atoms with Gasteiger partial charge in [0.25, 0.3) is 0 Å². The molecule has 0 aliphatic heterocycles. The summed E-state index contributed by atoms with van der Waals surface area (Å²) < 4.78 is 0. The maximum absolute atomic E-state index is 11.8. The van der Waals surface area contributed by atoms with E-state index in [1.807, 2.05) is 13.8 Å². The SMILES string of the molecule is C/C(CC(=O)Nc1ccccn1)=N\NC(=O)C(=O)NCC(C)C. The number of rotatable bonds is 6. The molecule has 1 aromatic rings. The van der Waals surface area contributed by atoms with Crippen LogP contribution in [-0.4, -0.2) is 35.0 Å². The molecule has 124 valence electrons. The van der Waals surface area contributed by atoms with Gasteiger partial charge in [0.05, 0.1) is 6.42 Å². The Morgan fingerprint density at radius 3 is 2.57 bits per heavy atom. The Labute approximate surface area is 134 Å². The van der Waals surface area contributed by atoms with Gasteiger partial charge in [0.2, 0.25) is 5.91 Å². The van der Waals surface area contributed by atoms with Gasteiger partial charge in [0.1, 0.15) is 5.82 Å². The van der Waals surface area contributed by atoms with E-state index in [-0.39, 0.29) is 18.2 Å². The summed E-state index contributed by atoms with van der Waals surface area (Å²) in [7, 11) is 0. The average Bonchev–Trinajstić information content (AvgIpc) is 2.51. The molecule has 0 unspecified atom stereocenters. The fraction of sp³-hybridized carbons (Fsp3) is 0.400. The third kappa shape index (κ3) is 7.70. The van der Waals surface area contributed by atoms with Crippen molar-refractivity contribution in [1.29, 1.82) is 0 Å². The minimum Gasteiger partial charge on any atom is -0.348 e. The van der Waals surface area contributed by atoms with Gasteiger partial charge in [-0.3, -0.25) is 14.4 Å². The van der Waals surface area contributed by atoms with Gasteiger partial charge >= 0.3 is 11.8 Å². The fourth-order valence-corrected chi connectivity index (χ4v) is 1.47. The van der Waals surface area contributed by atoms with Crippen LogP contribution in [0.4, 0.5) is 5.82 Å². The van der Waals surface area contributed by atoms with Crippen LogP contribution in [0.3, 0.4) is 0 Å². The number of hydrogen-bond donors (Lipinski definition) is 3. The van der Waals surface area contributed by atoms with Gasteiger partial charge < -0.3 is 10.6 Å². The zero-order chi connectivity index (χ0) is 17.2. The molecule has 0 aliphatic rings. The first-order chi connectivity index (χ1) is 10.9. The van der Waals surface area contributed by atoms with Crippen molar-refractivity contribution in [2.45, 2.75) is 27.2 Å². The van der Waals surface area contributed by atoms with E-state index in [4.69, 9.17) is 0 Å². The van der Waals surface area contributed by atoms with Crippen molar-refractivity contribution < 1.29 is 14.4 Å². The highest BCUT2D eigenvalue weighted by Crippen LogP contribution is 2.00. The number of nitrogens with zero attached hydrogens (tertiary/aromatic N) is 2. The smallest absolute Gasteiger partial charge is 0.329 e. The highest BCUT2D eigenvalue weighted by atomic mass is 16.2. The second-order valence-electron chi connectivity index (χ2n) is 5.33. The number of amides is 3. The predicted molar refractivity (Wildman–Crippen MR) is 86.6 cm³/mol. The van der Waals surface area contributed by atoms with Crippen molar-refractivity contribution in [1.82, 2.24) is 15.7 Å². The van der Waals surface area contributed by atoms with Gasteiger partial charge in [-0.1, -0.05) is 19.9 Å². The lowest BCUT2D eigenvalue weighted by Crippen LogP contribution is -2.39. The van der Waals surface area contributed by atoms with Gasteiger partial charge in [0, 0.05) is 18.5 Å². The molecule has 0 bridgehead atoms. The zero-order valence-electron chi connectivity index (χ0n) is 13.4. The summed E-state index contributed by atoms with van der Waals surface area (Å²) in [6.45, 7) is 5.81. The van der Waals surface area contributed by atoms with Gasteiger partial charge in [-0.15, -0.1) is 0 Å². The third-order valence-corrected chi connectivity index (χ3v) is 2.57. The van der Waals surface area contributed by atoms with Crippen LogP contribution in [0.25, 0.3) is 0 Å². The first kappa shape index (κ1) is 18.3. The first-order valence-electron chi connectivity index (χ1n) is 7.20. The van der Waals surface area contributed by atoms with Gasteiger partial charge in [-0.2, -0.15) is 5.10 Å². The second-order valence-corrected chi connectivity index (χ2v) is 5.33. The maximum atomic E-state index is 11.8. The lowest BCUT2D eigenvalue weighted by Gasteiger charge is -2.07. The van der Waals surface area contributed by atoms with Crippen LogP contribution in [0.2, 0.25) is 0 Å². The molecule has 23 heavy (non-hydrogen) atoms. The van der Waals surface area contributed by atoms with E-state index in [0.29, 0.717) is 18.1 Å². The third-order valence-electron chi connectivity index (χ3n) is 2.57. The zero-order valence-corrected chi connectivity index (χ0v) is 13.4. The molecule has 0 aliphatic carbocycles. The summed E-state index contributed by atoms with van der Waals surface area (Å²) in [5.74, 6) is -1.26. The monoisotopic (exact) mass is 319 g/mol. The fourth-order valence-electron chi connectivity index (χ4n) is 1.47. The quantitative estimate of drug-likeness (QED) is 0.406. The van der Waals surface area contributed by atoms with Gasteiger partial charge in [-0.25, -0.2) is 10.4 Å². The van der Waals surface area contributed by atoms with E-state index in [2.05, 4.69) is 26.1 Å². The van der Waals surface area contributed by atoms with Crippen LogP contribution in [0.1, 0.15) is 27.2 Å². The van der Waals surface area contributed by atoms with Crippen molar-refractivity contribution in [2.24, 2.45) is 11.0 Å². The molecule has 8 heteroatoms. The minimum absolute atomic E-state index is 0.0233. The molecule has 0 fully saturated rings. The Morgan fingerprint density at radius 2 is 1.96 bits per heavy atom. The van der Waals surface area contributed by atoms with Crippen molar-refractivity contribution >= 4 is 29.3 Å². The molecular formula is C15H21N5O3. The molecule has 0 saturated carbocycles. The first-order valence-corrected chi connectivity index (χ1v) is 7.20. The van der Waals surface area contributed by atoms with Crippen molar-refractivity contribution in [3.8, 4) is 0 Å². The van der Waals surface area contributed by atoms with Crippen LogP contribution < -0.4 is 16.1 Å². The average molecular weight is 319 g/mol. The summed E-state index contributed by atoms with van der Waals surface area (Å²) in [6, 6.07) is 5.15. The Morgan fingerprint density at radius 1 is 1.22 bits per heavy atom. The molecular weight excluding hydrogens is 298 g/mol. The normalized spacial score (nSPS) is 11.0. The topological polar surface area (TPSA) is 113 Å². The molecule has 3 amide bonds. The minimum atomic E-state index is -0.866. The lowest BCUT2D eigenvalue weighted by molar-refractivity contribution is -0.139. The maximum Gasteiger partial charge on any atom is 0.329 e. The lowest BCUT2D eigenvalue weighted by atomic mass is 10.2. The number of hydrogen-bond acceptors (Lipinski definition) is 5. The van der Waals surface area contributed by atoms with Crippen LogP contribution in [0.15, 0.2) is 29.5 Å². The van der Waals surface area contributed by atoms with E-state index in [9.17, 15) is 14.4 Å². The van der Waals surface area contributed by atoms with E-state index in [1.165, 1.54) is 0 Å². The summed E-state index contributed by atoms with van der Waals surface area (Å²) in [6.07, 6.45) is 1.54. The van der Waals surface area contributed by atoms with Gasteiger partial charge in [-0.05, 0) is 25.0 Å². The van der Waals surface area contributed by atoms with E-state index >= 15 is 0 Å². The summed E-state index contributed by atoms with van der Waals surface area (Å²) in [5, 5.41) is 8.79. The number of pyridine rings is 1. The molecule has 1 aromatic heterocycles. The number of aromatic nitrogens is 1. The standard InChI is InChI=1S/C15H21N5O3/c1-10(2)9-17-14(22)15(23)20-19-11(3)8-13(21)18-12-6-4-5-7-16-12/h4-7,10H,8-9H2,1-3H3,(H,17,22)(H,20,23)(H,16,18,21)/b19-11+. The van der Waals surface area contributed by atoms with Crippen molar-refractivity contribution in [3.63, 3.8) is 0 Å². The van der Waals surface area contributed by atoms with E-state index in [1.54, 1.807) is 31.3 Å². The molecule has 0 aromatic carbocycles. The Bertz CT molecular complexity index is 584. The van der Waals surface area contributed by atoms with E-state index < -0.39 is 11.8 Å². The van der Waals surface area contributed by atoms with Crippen molar-refractivity contribution in [2.75, 3.05) is 11.9 Å². The molecule has 0 radical (unpaired) electrons. The molecule has 1 rings (SSSR count). The van der Waals surface area contributed by atoms with Gasteiger partial charge in [0.15, 0.2) is 0 Å². The number of nitrogens with one attached hydrogen (secondary N) is 3. The van der Waals surface area contributed by atoms with Crippen molar-refractivity contribution in [3.05, 3.63) is 24.4 Å². The molecule has 1 heterocycles. The molecule has 3 N–H and O–H groups in total. The predicted octanol–water partition coefficient (Wildman–Crippen LogP) is 0.674. The number of carbonyl (C=O) groups is 3. The highest BCUT2D eigenvalue weighted by Gasteiger charge is 2.13. The number of carbonyl (C=O) groups excluding carboxylic acids is 3. The molecule has 0 atom stereocenters. The summed E-state index contributed by atoms with van der Waals surface area (Å²) in [5.41, 5.74) is 2.48. The summed E-state index contributed by atoms with van der Waals surface area (Å²) >= 11 is 0. The number of hydrazone groups is 1. The van der Waals surface area contributed by atoms with Crippen LogP contribution in [-0.2, 0) is 14.4 Å². The van der Waals surface area contributed by atoms with E-state index in [0.717, 1.165) is 0 Å². The molecule has 8 nitrogen and oxygen atoms in total. The van der Waals surface area contributed by atoms with Crippen LogP contribution in [0, 0.1) is 5.92 Å². The Balaban J connectivity index is 2.40. The Hall–Kier alpha value is -2.77. The van der Waals surface area contributed by atoms with Crippen LogP contribution >= 0.6 is 0 Å².